The second-order valence-electron chi connectivity index (χ2n) is 4.72. The smallest absolute Gasteiger partial charge is 0.360 e. The average Bonchev–Trinajstić information content (AvgIpc) is 2.91. The lowest BCUT2D eigenvalue weighted by molar-refractivity contribution is 0.0595. The highest BCUT2D eigenvalue weighted by molar-refractivity contribution is 6.30. The highest BCUT2D eigenvalue weighted by Crippen LogP contribution is 2.25. The average molecular weight is 308 g/mol. The van der Waals surface area contributed by atoms with Crippen molar-refractivity contribution in [3.63, 3.8) is 0 Å². The summed E-state index contributed by atoms with van der Waals surface area (Å²) in [6.45, 7) is 2.86. The van der Waals surface area contributed by atoms with Gasteiger partial charge in [0.25, 0.3) is 0 Å². The maximum atomic E-state index is 11.9. The summed E-state index contributed by atoms with van der Waals surface area (Å²) in [5.74, 6) is -0.485. The van der Waals surface area contributed by atoms with Crippen LogP contribution in [0.5, 0.6) is 0 Å². The van der Waals surface area contributed by atoms with Gasteiger partial charge in [-0.3, -0.25) is 0 Å². The highest BCUT2D eigenvalue weighted by Gasteiger charge is 2.21. The van der Waals surface area contributed by atoms with Crippen molar-refractivity contribution >= 4 is 17.6 Å². The van der Waals surface area contributed by atoms with Gasteiger partial charge in [0.2, 0.25) is 0 Å². The van der Waals surface area contributed by atoms with Crippen LogP contribution >= 0.6 is 11.6 Å². The lowest BCUT2D eigenvalue weighted by Crippen LogP contribution is -2.07. The fraction of sp³-hybridized carbons (Fsp3) is 0.400. The number of nitrogens with zero attached hydrogens (tertiary/aromatic N) is 3. The Morgan fingerprint density at radius 3 is 2.62 bits per heavy atom. The molecule has 0 fully saturated rings. The van der Waals surface area contributed by atoms with E-state index >= 15 is 0 Å². The fourth-order valence-corrected chi connectivity index (χ4v) is 2.23. The first-order valence-corrected chi connectivity index (χ1v) is 7.33. The first kappa shape index (κ1) is 15.5. The van der Waals surface area contributed by atoms with Gasteiger partial charge in [-0.25, -0.2) is 9.48 Å². The van der Waals surface area contributed by atoms with Gasteiger partial charge in [0, 0.05) is 17.1 Å². The number of aromatic nitrogens is 3. The van der Waals surface area contributed by atoms with Crippen LogP contribution in [0.1, 0.15) is 36.7 Å². The maximum absolute atomic E-state index is 11.9. The molecular formula is C15H18ClN3O2. The zero-order chi connectivity index (χ0) is 15.2. The monoisotopic (exact) mass is 307 g/mol. The second kappa shape index (κ2) is 7.22. The van der Waals surface area contributed by atoms with E-state index in [2.05, 4.69) is 17.2 Å². The number of methoxy groups -OCH3 is 1. The molecule has 0 N–H and O–H groups in total. The van der Waals surface area contributed by atoms with Crippen molar-refractivity contribution in [2.24, 2.45) is 0 Å². The minimum absolute atomic E-state index is 0.233. The molecule has 112 valence electrons. The van der Waals surface area contributed by atoms with Gasteiger partial charge in [-0.05, 0) is 18.6 Å². The third-order valence-electron chi connectivity index (χ3n) is 3.20. The van der Waals surface area contributed by atoms with Crippen molar-refractivity contribution in [1.82, 2.24) is 15.0 Å². The molecule has 0 aliphatic carbocycles. The van der Waals surface area contributed by atoms with Crippen LogP contribution in [0.2, 0.25) is 5.02 Å². The van der Waals surface area contributed by atoms with Gasteiger partial charge >= 0.3 is 5.97 Å². The molecule has 6 heteroatoms. The van der Waals surface area contributed by atoms with Gasteiger partial charge in [0.1, 0.15) is 5.69 Å². The van der Waals surface area contributed by atoms with Gasteiger partial charge in [-0.2, -0.15) is 0 Å². The van der Waals surface area contributed by atoms with E-state index in [1.807, 2.05) is 12.1 Å². The van der Waals surface area contributed by atoms with Crippen molar-refractivity contribution in [3.8, 4) is 11.3 Å². The zero-order valence-corrected chi connectivity index (χ0v) is 12.9. The number of carbonyl (C=O) groups is 1. The summed E-state index contributed by atoms with van der Waals surface area (Å²) in [5, 5.41) is 8.70. The summed E-state index contributed by atoms with van der Waals surface area (Å²) < 4.78 is 6.54. The number of esters is 1. The van der Waals surface area contributed by atoms with Gasteiger partial charge in [-0.15, -0.1) is 5.10 Å². The van der Waals surface area contributed by atoms with E-state index in [4.69, 9.17) is 16.3 Å². The summed E-state index contributed by atoms with van der Waals surface area (Å²) >= 11 is 5.92. The molecule has 0 bridgehead atoms. The molecule has 0 unspecified atom stereocenters. The normalized spacial score (nSPS) is 10.6. The fourth-order valence-electron chi connectivity index (χ4n) is 2.11. The molecule has 0 saturated carbocycles. The number of unbranched alkanes of at least 4 members (excludes halogenated alkanes) is 2. The Kier molecular flexibility index (Phi) is 5.33. The summed E-state index contributed by atoms with van der Waals surface area (Å²) in [7, 11) is 1.34. The molecule has 0 spiro atoms. The quantitative estimate of drug-likeness (QED) is 0.604. The van der Waals surface area contributed by atoms with E-state index in [0.717, 1.165) is 31.4 Å². The predicted molar refractivity (Wildman–Crippen MR) is 81.3 cm³/mol. The standard InChI is InChI=1S/C15H18ClN3O2/c1-3-4-5-10-19-14(11-6-8-12(16)9-7-11)13(17-18-19)15(20)21-2/h6-9H,3-5,10H2,1-2H3. The highest BCUT2D eigenvalue weighted by atomic mass is 35.5. The van der Waals surface area contributed by atoms with Crippen LogP contribution in [0.15, 0.2) is 24.3 Å². The summed E-state index contributed by atoms with van der Waals surface area (Å²) in [5.41, 5.74) is 1.76. The minimum Gasteiger partial charge on any atom is -0.464 e. The molecule has 0 saturated heterocycles. The molecule has 5 nitrogen and oxygen atoms in total. The van der Waals surface area contributed by atoms with Crippen LogP contribution < -0.4 is 0 Å². The Bertz CT molecular complexity index is 608. The number of aryl methyl sites for hydroxylation is 1. The third-order valence-corrected chi connectivity index (χ3v) is 3.46. The molecular weight excluding hydrogens is 290 g/mol. The number of hydrogen-bond donors (Lipinski definition) is 0. The number of benzene rings is 1. The van der Waals surface area contributed by atoms with Crippen molar-refractivity contribution in [1.29, 1.82) is 0 Å². The molecule has 0 amide bonds. The number of carbonyl (C=O) groups excluding carboxylic acids is 1. The first-order valence-electron chi connectivity index (χ1n) is 6.95. The lowest BCUT2D eigenvalue weighted by Gasteiger charge is -2.07. The molecule has 0 aliphatic rings. The lowest BCUT2D eigenvalue weighted by atomic mass is 10.1. The van der Waals surface area contributed by atoms with Crippen molar-refractivity contribution in [2.75, 3.05) is 7.11 Å². The Morgan fingerprint density at radius 1 is 1.29 bits per heavy atom. The Labute approximate surface area is 128 Å². The molecule has 1 aromatic heterocycles. The summed E-state index contributed by atoms with van der Waals surface area (Å²) in [4.78, 5) is 11.9. The molecule has 2 rings (SSSR count). The van der Waals surface area contributed by atoms with E-state index in [9.17, 15) is 4.79 Å². The molecule has 2 aromatic rings. The number of rotatable bonds is 6. The number of ether oxygens (including phenoxy) is 1. The Morgan fingerprint density at radius 2 is 2.00 bits per heavy atom. The van der Waals surface area contributed by atoms with Crippen LogP contribution in [-0.4, -0.2) is 28.1 Å². The van der Waals surface area contributed by atoms with Crippen molar-refractivity contribution in [2.45, 2.75) is 32.7 Å². The minimum atomic E-state index is -0.485. The number of halogens is 1. The number of hydrogen-bond acceptors (Lipinski definition) is 4. The SMILES string of the molecule is CCCCCn1nnc(C(=O)OC)c1-c1ccc(Cl)cc1. The zero-order valence-electron chi connectivity index (χ0n) is 12.2. The van der Waals surface area contributed by atoms with Crippen LogP contribution in [0.3, 0.4) is 0 Å². The van der Waals surface area contributed by atoms with Gasteiger partial charge in [-0.1, -0.05) is 48.7 Å². The topological polar surface area (TPSA) is 57.0 Å². The first-order chi connectivity index (χ1) is 10.2. The van der Waals surface area contributed by atoms with Crippen LogP contribution in [0, 0.1) is 0 Å². The van der Waals surface area contributed by atoms with E-state index in [1.165, 1.54) is 7.11 Å². The van der Waals surface area contributed by atoms with E-state index < -0.39 is 5.97 Å². The van der Waals surface area contributed by atoms with Crippen molar-refractivity contribution < 1.29 is 9.53 Å². The van der Waals surface area contributed by atoms with E-state index in [0.29, 0.717) is 10.7 Å². The molecule has 0 atom stereocenters. The van der Waals surface area contributed by atoms with Crippen LogP contribution in [0.4, 0.5) is 0 Å². The van der Waals surface area contributed by atoms with Crippen LogP contribution in [-0.2, 0) is 11.3 Å². The second-order valence-corrected chi connectivity index (χ2v) is 5.15. The molecule has 1 heterocycles. The Balaban J connectivity index is 2.40. The molecule has 0 aliphatic heterocycles. The van der Waals surface area contributed by atoms with Crippen LogP contribution in [0.25, 0.3) is 11.3 Å². The largest absolute Gasteiger partial charge is 0.464 e. The maximum Gasteiger partial charge on any atom is 0.360 e. The predicted octanol–water partition coefficient (Wildman–Crippen LogP) is 3.58. The summed E-state index contributed by atoms with van der Waals surface area (Å²) in [6.07, 6.45) is 3.21. The van der Waals surface area contributed by atoms with Gasteiger partial charge in [0.05, 0.1) is 7.11 Å². The summed E-state index contributed by atoms with van der Waals surface area (Å²) in [6, 6.07) is 7.26. The Hall–Kier alpha value is -1.88. The molecule has 1 aromatic carbocycles. The molecule has 21 heavy (non-hydrogen) atoms. The van der Waals surface area contributed by atoms with Crippen molar-refractivity contribution in [3.05, 3.63) is 35.0 Å². The van der Waals surface area contributed by atoms with E-state index in [-0.39, 0.29) is 5.69 Å². The molecule has 0 radical (unpaired) electrons. The van der Waals surface area contributed by atoms with Gasteiger partial charge in [0.15, 0.2) is 5.69 Å². The third kappa shape index (κ3) is 3.61. The van der Waals surface area contributed by atoms with E-state index in [1.54, 1.807) is 16.8 Å². The van der Waals surface area contributed by atoms with Gasteiger partial charge < -0.3 is 4.74 Å².